The lowest BCUT2D eigenvalue weighted by Gasteiger charge is -2.21. The molecule has 0 aliphatic rings. The average Bonchev–Trinajstić information content (AvgIpc) is 2.30. The lowest BCUT2D eigenvalue weighted by Crippen LogP contribution is -2.36. The first-order valence-corrected chi connectivity index (χ1v) is 5.28. The van der Waals surface area contributed by atoms with Crippen molar-refractivity contribution in [1.29, 1.82) is 0 Å². The van der Waals surface area contributed by atoms with E-state index in [1.807, 2.05) is 0 Å². The highest BCUT2D eigenvalue weighted by atomic mass is 16.5. The number of aliphatic hydroxyl groups excluding tert-OH is 1. The Labute approximate surface area is 97.8 Å². The molecule has 0 saturated carbocycles. The maximum absolute atomic E-state index is 11.5. The molecule has 4 N–H and O–H groups in total. The zero-order valence-corrected chi connectivity index (χ0v) is 9.84. The van der Waals surface area contributed by atoms with E-state index >= 15 is 0 Å². The number of hydrogen-bond acceptors (Lipinski definition) is 5. The Morgan fingerprint density at radius 3 is 2.76 bits per heavy atom. The van der Waals surface area contributed by atoms with Crippen LogP contribution in [0, 0.1) is 6.92 Å². The van der Waals surface area contributed by atoms with Gasteiger partial charge in [0.2, 0.25) is 0 Å². The van der Waals surface area contributed by atoms with Gasteiger partial charge in [-0.2, -0.15) is 0 Å². The lowest BCUT2D eigenvalue weighted by atomic mass is 10.3. The number of H-pyrrole nitrogens is 1. The number of aliphatic hydroxyl groups is 1. The molecular formula is C10H17N3O4. The first-order valence-electron chi connectivity index (χ1n) is 5.28. The molecule has 0 aliphatic carbocycles. The van der Waals surface area contributed by atoms with Gasteiger partial charge < -0.3 is 15.6 Å². The summed E-state index contributed by atoms with van der Waals surface area (Å²) in [5.74, 6) is 0. The third kappa shape index (κ3) is 3.26. The Bertz CT molecular complexity index is 475. The van der Waals surface area contributed by atoms with Crippen molar-refractivity contribution in [3.63, 3.8) is 0 Å². The van der Waals surface area contributed by atoms with Crippen LogP contribution >= 0.6 is 0 Å². The number of aromatic amines is 1. The van der Waals surface area contributed by atoms with Crippen molar-refractivity contribution in [2.24, 2.45) is 5.73 Å². The molecule has 1 aromatic rings. The van der Waals surface area contributed by atoms with E-state index in [0.29, 0.717) is 5.56 Å². The van der Waals surface area contributed by atoms with E-state index in [4.69, 9.17) is 15.6 Å². The van der Waals surface area contributed by atoms with Gasteiger partial charge in [-0.15, -0.1) is 0 Å². The van der Waals surface area contributed by atoms with Crippen LogP contribution in [0.2, 0.25) is 0 Å². The van der Waals surface area contributed by atoms with E-state index < -0.39 is 23.6 Å². The van der Waals surface area contributed by atoms with Crippen LogP contribution in [-0.2, 0) is 4.74 Å². The highest BCUT2D eigenvalue weighted by Gasteiger charge is 2.14. The SMILES string of the molecule is Cc1cn(C(C)OC(CN)CO)c(=O)[nH]c1=O. The smallest absolute Gasteiger partial charge is 0.330 e. The fourth-order valence-corrected chi connectivity index (χ4v) is 1.37. The molecule has 0 aromatic carbocycles. The maximum atomic E-state index is 11.5. The summed E-state index contributed by atoms with van der Waals surface area (Å²) >= 11 is 0. The molecule has 0 amide bonds. The standard InChI is InChI=1S/C10H17N3O4/c1-6-4-13(10(16)12-9(6)15)7(2)17-8(3-11)5-14/h4,7-8,14H,3,5,11H2,1-2H3,(H,12,15,16). The van der Waals surface area contributed by atoms with Crippen LogP contribution in [0.3, 0.4) is 0 Å². The van der Waals surface area contributed by atoms with E-state index in [1.165, 1.54) is 10.8 Å². The van der Waals surface area contributed by atoms with Gasteiger partial charge in [-0.1, -0.05) is 0 Å². The van der Waals surface area contributed by atoms with Gasteiger partial charge >= 0.3 is 5.69 Å². The zero-order valence-electron chi connectivity index (χ0n) is 9.84. The Kier molecular flexibility index (Phi) is 4.62. The van der Waals surface area contributed by atoms with Crippen molar-refractivity contribution in [1.82, 2.24) is 9.55 Å². The van der Waals surface area contributed by atoms with Crippen molar-refractivity contribution in [2.75, 3.05) is 13.2 Å². The number of hydrogen-bond donors (Lipinski definition) is 3. The molecule has 1 rings (SSSR count). The predicted octanol–water partition coefficient (Wildman–Crippen LogP) is -1.30. The largest absolute Gasteiger partial charge is 0.394 e. The van der Waals surface area contributed by atoms with E-state index in [2.05, 4.69) is 4.98 Å². The number of nitrogens with one attached hydrogen (secondary N) is 1. The van der Waals surface area contributed by atoms with Crippen LogP contribution < -0.4 is 17.0 Å². The molecule has 0 spiro atoms. The molecule has 0 radical (unpaired) electrons. The summed E-state index contributed by atoms with van der Waals surface area (Å²) in [4.78, 5) is 24.9. The molecule has 96 valence electrons. The number of rotatable bonds is 5. The summed E-state index contributed by atoms with van der Waals surface area (Å²) in [7, 11) is 0. The van der Waals surface area contributed by atoms with Crippen molar-refractivity contribution in [2.45, 2.75) is 26.2 Å². The van der Waals surface area contributed by atoms with Crippen molar-refractivity contribution in [3.05, 3.63) is 32.6 Å². The molecule has 2 atom stereocenters. The fourth-order valence-electron chi connectivity index (χ4n) is 1.37. The van der Waals surface area contributed by atoms with Gasteiger partial charge in [0.15, 0.2) is 0 Å². The second-order valence-corrected chi connectivity index (χ2v) is 3.75. The number of ether oxygens (including phenoxy) is 1. The molecule has 2 unspecified atom stereocenters. The highest BCUT2D eigenvalue weighted by Crippen LogP contribution is 2.07. The number of aryl methyl sites for hydroxylation is 1. The molecule has 1 aromatic heterocycles. The third-order valence-corrected chi connectivity index (χ3v) is 2.39. The summed E-state index contributed by atoms with van der Waals surface area (Å²) in [5.41, 5.74) is 4.81. The molecule has 1 heterocycles. The van der Waals surface area contributed by atoms with Gasteiger partial charge in [0.05, 0.1) is 12.7 Å². The Morgan fingerprint density at radius 2 is 2.24 bits per heavy atom. The molecule has 0 fully saturated rings. The summed E-state index contributed by atoms with van der Waals surface area (Å²) in [6.45, 7) is 3.15. The molecular weight excluding hydrogens is 226 g/mol. The van der Waals surface area contributed by atoms with Gasteiger partial charge in [0.25, 0.3) is 5.56 Å². The number of nitrogens with two attached hydrogens (primary N) is 1. The van der Waals surface area contributed by atoms with E-state index in [0.717, 1.165) is 0 Å². The molecule has 17 heavy (non-hydrogen) atoms. The summed E-state index contributed by atoms with van der Waals surface area (Å²) in [6, 6.07) is 0. The minimum Gasteiger partial charge on any atom is -0.394 e. The minimum atomic E-state index is -0.612. The normalized spacial score (nSPS) is 14.6. The Hall–Kier alpha value is -1.44. The summed E-state index contributed by atoms with van der Waals surface area (Å²) < 4.78 is 6.62. The van der Waals surface area contributed by atoms with E-state index in [-0.39, 0.29) is 13.2 Å². The molecule has 0 aliphatic heterocycles. The molecule has 0 bridgehead atoms. The zero-order chi connectivity index (χ0) is 13.0. The monoisotopic (exact) mass is 243 g/mol. The van der Waals surface area contributed by atoms with Gasteiger partial charge in [-0.3, -0.25) is 14.3 Å². The van der Waals surface area contributed by atoms with Gasteiger partial charge in [-0.25, -0.2) is 4.79 Å². The summed E-state index contributed by atoms with van der Waals surface area (Å²) in [5, 5.41) is 8.94. The van der Waals surface area contributed by atoms with Crippen molar-refractivity contribution >= 4 is 0 Å². The van der Waals surface area contributed by atoms with Gasteiger partial charge in [0.1, 0.15) is 6.23 Å². The average molecular weight is 243 g/mol. The highest BCUT2D eigenvalue weighted by molar-refractivity contribution is 5.01. The van der Waals surface area contributed by atoms with Gasteiger partial charge in [-0.05, 0) is 13.8 Å². The second kappa shape index (κ2) is 5.76. The Morgan fingerprint density at radius 1 is 1.59 bits per heavy atom. The van der Waals surface area contributed by atoms with Gasteiger partial charge in [0, 0.05) is 18.3 Å². The minimum absolute atomic E-state index is 0.151. The maximum Gasteiger partial charge on any atom is 0.330 e. The van der Waals surface area contributed by atoms with E-state index in [9.17, 15) is 9.59 Å². The van der Waals surface area contributed by atoms with Crippen LogP contribution in [0.5, 0.6) is 0 Å². The fraction of sp³-hybridized carbons (Fsp3) is 0.600. The van der Waals surface area contributed by atoms with Crippen LogP contribution in [0.25, 0.3) is 0 Å². The number of aromatic nitrogens is 2. The summed E-state index contributed by atoms with van der Waals surface area (Å²) in [6.07, 6.45) is 0.263. The van der Waals surface area contributed by atoms with Crippen LogP contribution in [0.4, 0.5) is 0 Å². The predicted molar refractivity (Wildman–Crippen MR) is 61.8 cm³/mol. The topological polar surface area (TPSA) is 110 Å². The molecule has 7 nitrogen and oxygen atoms in total. The Balaban J connectivity index is 2.96. The quantitative estimate of drug-likeness (QED) is 0.595. The van der Waals surface area contributed by atoms with E-state index in [1.54, 1.807) is 13.8 Å². The van der Waals surface area contributed by atoms with Crippen LogP contribution in [0.15, 0.2) is 15.8 Å². The third-order valence-electron chi connectivity index (χ3n) is 2.39. The second-order valence-electron chi connectivity index (χ2n) is 3.75. The molecule has 0 saturated heterocycles. The van der Waals surface area contributed by atoms with Crippen molar-refractivity contribution < 1.29 is 9.84 Å². The number of nitrogens with zero attached hydrogens (tertiary/aromatic N) is 1. The first-order chi connectivity index (χ1) is 7.99. The van der Waals surface area contributed by atoms with Crippen LogP contribution in [0.1, 0.15) is 18.7 Å². The lowest BCUT2D eigenvalue weighted by molar-refractivity contribution is -0.0624. The molecule has 7 heteroatoms. The van der Waals surface area contributed by atoms with Crippen LogP contribution in [-0.4, -0.2) is 33.9 Å². The first kappa shape index (κ1) is 13.6. The van der Waals surface area contributed by atoms with Crippen molar-refractivity contribution in [3.8, 4) is 0 Å².